The predicted molar refractivity (Wildman–Crippen MR) is 151 cm³/mol. The van der Waals surface area contributed by atoms with Crippen molar-refractivity contribution in [3.8, 4) is 0 Å². The number of aliphatic carboxylic acids is 2. The monoisotopic (exact) mass is 543 g/mol. The lowest BCUT2D eigenvalue weighted by atomic mass is 10.0. The van der Waals surface area contributed by atoms with Gasteiger partial charge in [-0.25, -0.2) is 0 Å². The summed E-state index contributed by atoms with van der Waals surface area (Å²) in [5.74, 6) is -1.68. The van der Waals surface area contributed by atoms with E-state index in [9.17, 15) is 14.4 Å². The summed E-state index contributed by atoms with van der Waals surface area (Å²) in [6.07, 6.45) is 23.7. The number of carbonyl (C=O) groups excluding carboxylic acids is 1. The minimum atomic E-state index is -0.877. The first-order chi connectivity index (χ1) is 18.5. The number of amides is 1. The number of carbonyl (C=O) groups is 3. The number of hydrogen-bond donors (Lipinski definition) is 3. The van der Waals surface area contributed by atoms with E-state index < -0.39 is 11.9 Å². The lowest BCUT2D eigenvalue weighted by molar-refractivity contribution is -0.138. The second kappa shape index (κ2) is 29.9. The van der Waals surface area contributed by atoms with Crippen LogP contribution in [0.5, 0.6) is 0 Å². The van der Waals surface area contributed by atoms with Crippen molar-refractivity contribution in [1.29, 1.82) is 0 Å². The van der Waals surface area contributed by atoms with Crippen molar-refractivity contribution in [2.45, 2.75) is 141 Å². The SMILES string of the molecule is O=C(O)CCCCCCCCCCCCCCCCCCCCOCCOCCNC(=O)CCCC(=O)O. The molecule has 0 unspecified atom stereocenters. The molecule has 0 fully saturated rings. The van der Waals surface area contributed by atoms with Crippen molar-refractivity contribution in [2.24, 2.45) is 0 Å². The van der Waals surface area contributed by atoms with Crippen LogP contribution in [0.2, 0.25) is 0 Å². The third-order valence-corrected chi connectivity index (χ3v) is 6.66. The third kappa shape index (κ3) is 32.4. The van der Waals surface area contributed by atoms with Gasteiger partial charge in [0.2, 0.25) is 5.91 Å². The normalized spacial score (nSPS) is 11.1. The minimum Gasteiger partial charge on any atom is -0.481 e. The Bertz CT molecular complexity index is 557. The molecule has 0 aliphatic rings. The molecule has 0 saturated heterocycles. The van der Waals surface area contributed by atoms with E-state index >= 15 is 0 Å². The first-order valence-electron chi connectivity index (χ1n) is 15.4. The molecule has 0 spiro atoms. The van der Waals surface area contributed by atoms with E-state index in [0.29, 0.717) is 39.2 Å². The summed E-state index contributed by atoms with van der Waals surface area (Å²) in [5.41, 5.74) is 0. The average Bonchev–Trinajstić information content (AvgIpc) is 2.87. The van der Waals surface area contributed by atoms with Crippen molar-refractivity contribution < 1.29 is 34.1 Å². The smallest absolute Gasteiger partial charge is 0.303 e. The molecular weight excluding hydrogens is 486 g/mol. The first kappa shape index (κ1) is 36.3. The summed E-state index contributed by atoms with van der Waals surface area (Å²) in [7, 11) is 0. The molecule has 0 aliphatic carbocycles. The van der Waals surface area contributed by atoms with Crippen LogP contribution in [0.4, 0.5) is 0 Å². The van der Waals surface area contributed by atoms with Gasteiger partial charge in [-0.2, -0.15) is 0 Å². The van der Waals surface area contributed by atoms with Gasteiger partial charge in [0.25, 0.3) is 0 Å². The number of rotatable bonds is 31. The number of unbranched alkanes of at least 4 members (excludes halogenated alkanes) is 17. The average molecular weight is 544 g/mol. The lowest BCUT2D eigenvalue weighted by Crippen LogP contribution is -2.27. The van der Waals surface area contributed by atoms with Crippen LogP contribution in [-0.2, 0) is 23.9 Å². The summed E-state index contributed by atoms with van der Waals surface area (Å²) in [6, 6.07) is 0. The zero-order valence-electron chi connectivity index (χ0n) is 24.0. The highest BCUT2D eigenvalue weighted by Gasteiger charge is 2.03. The van der Waals surface area contributed by atoms with E-state index in [0.717, 1.165) is 25.9 Å². The molecule has 0 heterocycles. The summed E-state index contributed by atoms with van der Waals surface area (Å²) >= 11 is 0. The van der Waals surface area contributed by atoms with Crippen LogP contribution >= 0.6 is 0 Å². The molecule has 0 bridgehead atoms. The molecule has 0 aromatic heterocycles. The Balaban J connectivity index is 3.10. The zero-order valence-corrected chi connectivity index (χ0v) is 24.0. The van der Waals surface area contributed by atoms with Crippen LogP contribution in [-0.4, -0.2) is 61.0 Å². The summed E-state index contributed by atoms with van der Waals surface area (Å²) in [4.78, 5) is 32.3. The zero-order chi connectivity index (χ0) is 27.9. The van der Waals surface area contributed by atoms with E-state index in [1.165, 1.54) is 96.3 Å². The van der Waals surface area contributed by atoms with Crippen LogP contribution in [0.1, 0.15) is 141 Å². The number of hydrogen-bond acceptors (Lipinski definition) is 5. The van der Waals surface area contributed by atoms with Gasteiger partial charge in [-0.15, -0.1) is 0 Å². The van der Waals surface area contributed by atoms with Crippen molar-refractivity contribution in [1.82, 2.24) is 5.32 Å². The lowest BCUT2D eigenvalue weighted by Gasteiger charge is -2.07. The van der Waals surface area contributed by atoms with Gasteiger partial charge in [0.05, 0.1) is 19.8 Å². The second-order valence-electron chi connectivity index (χ2n) is 10.3. The van der Waals surface area contributed by atoms with E-state index in [-0.39, 0.29) is 18.7 Å². The van der Waals surface area contributed by atoms with Crippen molar-refractivity contribution >= 4 is 17.8 Å². The number of carboxylic acid groups (broad SMARTS) is 2. The van der Waals surface area contributed by atoms with Gasteiger partial charge in [-0.1, -0.05) is 103 Å². The molecule has 0 saturated carbocycles. The maximum absolute atomic E-state index is 11.5. The second-order valence-corrected chi connectivity index (χ2v) is 10.3. The quantitative estimate of drug-likeness (QED) is 0.0814. The summed E-state index contributed by atoms with van der Waals surface area (Å²) < 4.78 is 11.0. The minimum absolute atomic E-state index is 0.0197. The molecule has 0 atom stereocenters. The Labute approximate surface area is 231 Å². The van der Waals surface area contributed by atoms with Gasteiger partial charge in [0, 0.05) is 32.4 Å². The fourth-order valence-corrected chi connectivity index (χ4v) is 4.38. The predicted octanol–water partition coefficient (Wildman–Crippen LogP) is 6.89. The first-order valence-corrected chi connectivity index (χ1v) is 15.4. The Morgan fingerprint density at radius 2 is 0.789 bits per heavy atom. The molecule has 3 N–H and O–H groups in total. The van der Waals surface area contributed by atoms with Crippen LogP contribution in [0.3, 0.4) is 0 Å². The van der Waals surface area contributed by atoms with Crippen molar-refractivity contribution in [3.05, 3.63) is 0 Å². The molecule has 38 heavy (non-hydrogen) atoms. The van der Waals surface area contributed by atoms with Crippen LogP contribution in [0.25, 0.3) is 0 Å². The van der Waals surface area contributed by atoms with Crippen LogP contribution in [0.15, 0.2) is 0 Å². The number of carboxylic acids is 2. The third-order valence-electron chi connectivity index (χ3n) is 6.66. The Kier molecular flexibility index (Phi) is 28.6. The maximum atomic E-state index is 11.5. The van der Waals surface area contributed by atoms with Gasteiger partial charge in [0.1, 0.15) is 0 Å². The van der Waals surface area contributed by atoms with Gasteiger partial charge >= 0.3 is 11.9 Å². The highest BCUT2D eigenvalue weighted by atomic mass is 16.5. The fourth-order valence-electron chi connectivity index (χ4n) is 4.38. The fraction of sp³-hybridized carbons (Fsp3) is 0.900. The molecule has 1 amide bonds. The van der Waals surface area contributed by atoms with Crippen LogP contribution < -0.4 is 5.32 Å². The largest absolute Gasteiger partial charge is 0.481 e. The highest BCUT2D eigenvalue weighted by molar-refractivity contribution is 5.76. The molecule has 8 nitrogen and oxygen atoms in total. The van der Waals surface area contributed by atoms with Gasteiger partial charge in [0.15, 0.2) is 0 Å². The standard InChI is InChI=1S/C30H57NO7/c32-28(20-19-22-30(35)36)31-23-25-38-27-26-37-24-18-16-14-12-10-8-6-4-2-1-3-5-7-9-11-13-15-17-21-29(33)34/h1-27H2,(H,31,32)(H,33,34)(H,35,36). The molecule has 0 rings (SSSR count). The molecule has 8 heteroatoms. The molecular formula is C30H57NO7. The Morgan fingerprint density at radius 3 is 1.24 bits per heavy atom. The van der Waals surface area contributed by atoms with E-state index in [1.54, 1.807) is 0 Å². The van der Waals surface area contributed by atoms with Crippen molar-refractivity contribution in [2.75, 3.05) is 33.0 Å². The molecule has 0 radical (unpaired) electrons. The van der Waals surface area contributed by atoms with Crippen molar-refractivity contribution in [3.63, 3.8) is 0 Å². The molecule has 0 aromatic carbocycles. The van der Waals surface area contributed by atoms with E-state index in [1.807, 2.05) is 0 Å². The summed E-state index contributed by atoms with van der Waals surface area (Å²) in [6.45, 7) is 2.74. The molecule has 224 valence electrons. The highest BCUT2D eigenvalue weighted by Crippen LogP contribution is 2.14. The Morgan fingerprint density at radius 1 is 0.421 bits per heavy atom. The maximum Gasteiger partial charge on any atom is 0.303 e. The number of nitrogens with one attached hydrogen (secondary N) is 1. The van der Waals surface area contributed by atoms with E-state index in [4.69, 9.17) is 19.7 Å². The summed E-state index contributed by atoms with van der Waals surface area (Å²) in [5, 5.41) is 19.9. The van der Waals surface area contributed by atoms with Gasteiger partial charge in [-0.05, 0) is 19.3 Å². The molecule has 0 aliphatic heterocycles. The molecule has 0 aromatic rings. The number of ether oxygens (including phenoxy) is 2. The van der Waals surface area contributed by atoms with E-state index in [2.05, 4.69) is 5.32 Å². The van der Waals surface area contributed by atoms with Gasteiger partial charge in [-0.3, -0.25) is 14.4 Å². The Hall–Kier alpha value is -1.67. The van der Waals surface area contributed by atoms with Gasteiger partial charge < -0.3 is 25.0 Å². The van der Waals surface area contributed by atoms with Crippen LogP contribution in [0, 0.1) is 0 Å². The topological polar surface area (TPSA) is 122 Å².